The summed E-state index contributed by atoms with van der Waals surface area (Å²) >= 11 is 0. The molecule has 0 aliphatic rings. The maximum absolute atomic E-state index is 14.7. The minimum atomic E-state index is -0.134. The van der Waals surface area contributed by atoms with Crippen molar-refractivity contribution < 1.29 is 13.2 Å². The zero-order chi connectivity index (χ0) is 63.6. The normalized spacial score (nSPS) is 11.0. The van der Waals surface area contributed by atoms with Crippen LogP contribution in [0.5, 0.6) is 0 Å². The smallest absolute Gasteiger partial charge is 0.131 e. The van der Waals surface area contributed by atoms with E-state index in [4.69, 9.17) is 0 Å². The molecule has 3 heterocycles. The fourth-order valence-corrected chi connectivity index (χ4v) is 11.5. The maximum Gasteiger partial charge on any atom is 0.131 e. The molecule has 0 saturated carbocycles. The molecule has 90 heavy (non-hydrogen) atoms. The van der Waals surface area contributed by atoms with Gasteiger partial charge in [-0.05, 0) is 164 Å². The number of halogens is 3. The first-order valence-corrected chi connectivity index (χ1v) is 34.7. The molecule has 9 rings (SSSR count). The van der Waals surface area contributed by atoms with E-state index in [-0.39, 0.29) is 17.5 Å². The van der Waals surface area contributed by atoms with Crippen LogP contribution in [-0.2, 0) is 38.5 Å². The molecule has 9 aromatic rings. The van der Waals surface area contributed by atoms with Crippen molar-refractivity contribution in [1.29, 1.82) is 0 Å². The molecule has 0 bridgehead atoms. The molecule has 0 aliphatic heterocycles. The summed E-state index contributed by atoms with van der Waals surface area (Å²) in [6, 6.07) is 54.2. The molecular weight excluding hydrogens is 1110 g/mol. The lowest BCUT2D eigenvalue weighted by Crippen LogP contribution is -1.92. The fraction of sp³-hybridized carbons (Fsp3) is 0.393. The Labute approximate surface area is 540 Å². The van der Waals surface area contributed by atoms with Crippen molar-refractivity contribution in [2.75, 3.05) is 0 Å². The molecule has 0 radical (unpaired) electrons. The van der Waals surface area contributed by atoms with Crippen LogP contribution in [0.15, 0.2) is 182 Å². The third kappa shape index (κ3) is 23.1. The number of rotatable bonds is 33. The maximum atomic E-state index is 14.7. The molecule has 3 nitrogen and oxygen atoms in total. The van der Waals surface area contributed by atoms with Gasteiger partial charge in [-0.1, -0.05) is 265 Å². The number of aryl methyl sites for hydroxylation is 6. The highest BCUT2D eigenvalue weighted by Crippen LogP contribution is 2.32. The van der Waals surface area contributed by atoms with E-state index < -0.39 is 0 Å². The van der Waals surface area contributed by atoms with Gasteiger partial charge in [-0.25, -0.2) is 13.2 Å². The van der Waals surface area contributed by atoms with Crippen LogP contribution in [0.2, 0.25) is 0 Å². The summed E-state index contributed by atoms with van der Waals surface area (Å²) in [5.41, 5.74) is 18.1. The van der Waals surface area contributed by atoms with Gasteiger partial charge >= 0.3 is 0 Å². The van der Waals surface area contributed by atoms with Crippen molar-refractivity contribution in [3.8, 4) is 66.8 Å². The minimum Gasteiger partial charge on any atom is -0.261 e. The number of aromatic nitrogens is 3. The van der Waals surface area contributed by atoms with Crippen molar-refractivity contribution in [3.05, 3.63) is 234 Å². The van der Waals surface area contributed by atoms with E-state index in [1.807, 2.05) is 73.2 Å². The number of hydrogen-bond donors (Lipinski definition) is 0. The highest BCUT2D eigenvalue weighted by atomic mass is 19.1. The largest absolute Gasteiger partial charge is 0.261 e. The molecule has 0 amide bonds. The van der Waals surface area contributed by atoms with Crippen LogP contribution in [-0.4, -0.2) is 15.0 Å². The van der Waals surface area contributed by atoms with Crippen molar-refractivity contribution in [2.45, 2.75) is 215 Å². The number of pyridine rings is 3. The summed E-state index contributed by atoms with van der Waals surface area (Å²) < 4.78 is 44.0. The minimum absolute atomic E-state index is 0.133. The highest BCUT2D eigenvalue weighted by molar-refractivity contribution is 5.73. The number of hydrogen-bond acceptors (Lipinski definition) is 3. The molecule has 3 aromatic heterocycles. The van der Waals surface area contributed by atoms with Crippen LogP contribution in [0.4, 0.5) is 13.2 Å². The lowest BCUT2D eigenvalue weighted by Gasteiger charge is -2.09. The summed E-state index contributed by atoms with van der Waals surface area (Å²) in [4.78, 5) is 13.9. The lowest BCUT2D eigenvalue weighted by molar-refractivity contribution is 0.626. The van der Waals surface area contributed by atoms with E-state index in [9.17, 15) is 13.2 Å². The van der Waals surface area contributed by atoms with Gasteiger partial charge in [0.1, 0.15) is 17.5 Å². The van der Waals surface area contributed by atoms with E-state index in [1.54, 1.807) is 18.2 Å². The quantitative estimate of drug-likeness (QED) is 0.0385. The Kier molecular flexibility index (Phi) is 30.8. The topological polar surface area (TPSA) is 38.7 Å². The summed E-state index contributed by atoms with van der Waals surface area (Å²) in [5.74, 6) is -0.401. The van der Waals surface area contributed by atoms with Crippen LogP contribution >= 0.6 is 0 Å². The fourth-order valence-electron chi connectivity index (χ4n) is 11.5. The van der Waals surface area contributed by atoms with Crippen molar-refractivity contribution in [2.24, 2.45) is 0 Å². The molecule has 0 atom stereocenters. The molecule has 0 spiro atoms. The molecule has 0 aliphatic carbocycles. The van der Waals surface area contributed by atoms with Gasteiger partial charge in [-0.2, -0.15) is 0 Å². The molecule has 0 fully saturated rings. The Morgan fingerprint density at radius 1 is 0.222 bits per heavy atom. The third-order valence-electron chi connectivity index (χ3n) is 17.2. The molecule has 0 N–H and O–H groups in total. The lowest BCUT2D eigenvalue weighted by atomic mass is 9.98. The predicted molar refractivity (Wildman–Crippen MR) is 378 cm³/mol. The molecule has 6 heteroatoms. The molecular formula is C84H102F3N3. The van der Waals surface area contributed by atoms with Crippen LogP contribution < -0.4 is 0 Å². The first-order valence-electron chi connectivity index (χ1n) is 34.7. The van der Waals surface area contributed by atoms with Gasteiger partial charge in [0.25, 0.3) is 0 Å². The van der Waals surface area contributed by atoms with E-state index in [0.29, 0.717) is 16.7 Å². The summed E-state index contributed by atoms with van der Waals surface area (Å²) in [6.07, 6.45) is 37.5. The summed E-state index contributed by atoms with van der Waals surface area (Å²) in [5, 5.41) is 0. The van der Waals surface area contributed by atoms with Gasteiger partial charge < -0.3 is 0 Å². The van der Waals surface area contributed by atoms with Crippen LogP contribution in [0.1, 0.15) is 210 Å². The van der Waals surface area contributed by atoms with E-state index in [2.05, 4.69) is 147 Å². The van der Waals surface area contributed by atoms with Gasteiger partial charge in [-0.3, -0.25) is 15.0 Å². The van der Waals surface area contributed by atoms with Gasteiger partial charge in [0.15, 0.2) is 0 Å². The zero-order valence-electron chi connectivity index (χ0n) is 55.4. The van der Waals surface area contributed by atoms with E-state index >= 15 is 0 Å². The number of nitrogens with zero attached hydrogens (tertiary/aromatic N) is 3. The second-order valence-electron chi connectivity index (χ2n) is 24.6. The second kappa shape index (κ2) is 39.6. The van der Waals surface area contributed by atoms with Crippen LogP contribution in [0.25, 0.3) is 66.8 Å². The first kappa shape index (κ1) is 70.0. The average molecular weight is 1210 g/mol. The standard InChI is InChI=1S/C29H36FN.C28H34FN.C27H32FN/c1-3-5-7-8-10-12-27-19-18-26(22-31-27)24-14-16-25(17-15-24)28-20-13-23(21-29(28)30)11-9-6-4-2;1-3-5-7-9-11-26-18-17-25(21-30-26)23-13-15-24(16-14-23)27-19-12-22(20-28(27)29)10-8-6-4-2;1-3-5-7-9-21-11-18-26(27(28)19-21)23-14-12-22(13-15-23)24-16-17-25(29-20-24)10-8-6-4-2/h13-22H,3-12H2,1-2H3;12-21H,3-11H2,1-2H3;11-20H,3-10H2,1-2H3. The van der Waals surface area contributed by atoms with Crippen molar-refractivity contribution in [3.63, 3.8) is 0 Å². The van der Waals surface area contributed by atoms with Gasteiger partial charge in [0, 0.05) is 69.1 Å². The Balaban J connectivity index is 0.000000192. The number of unbranched alkanes of at least 4 members (excludes halogenated alkanes) is 15. The molecule has 474 valence electrons. The van der Waals surface area contributed by atoms with Gasteiger partial charge in [0.2, 0.25) is 0 Å². The van der Waals surface area contributed by atoms with Gasteiger partial charge in [-0.15, -0.1) is 0 Å². The summed E-state index contributed by atoms with van der Waals surface area (Å²) in [6.45, 7) is 13.3. The van der Waals surface area contributed by atoms with E-state index in [1.165, 1.54) is 116 Å². The molecule has 0 unspecified atom stereocenters. The van der Waals surface area contributed by atoms with E-state index in [0.717, 1.165) is 142 Å². The predicted octanol–water partition coefficient (Wildman–Crippen LogP) is 25.2. The Bertz CT molecular complexity index is 3430. The van der Waals surface area contributed by atoms with Crippen LogP contribution in [0, 0.1) is 17.5 Å². The van der Waals surface area contributed by atoms with Crippen molar-refractivity contribution >= 4 is 0 Å². The molecule has 0 saturated heterocycles. The Hall–Kier alpha value is -7.44. The second-order valence-corrected chi connectivity index (χ2v) is 24.6. The number of benzene rings is 6. The summed E-state index contributed by atoms with van der Waals surface area (Å²) in [7, 11) is 0. The average Bonchev–Trinajstić information content (AvgIpc) is 2.62. The van der Waals surface area contributed by atoms with Gasteiger partial charge in [0.05, 0.1) is 0 Å². The first-order chi connectivity index (χ1) is 44.1. The van der Waals surface area contributed by atoms with Crippen LogP contribution in [0.3, 0.4) is 0 Å². The zero-order valence-corrected chi connectivity index (χ0v) is 55.4. The van der Waals surface area contributed by atoms with Crippen molar-refractivity contribution in [1.82, 2.24) is 15.0 Å². The highest BCUT2D eigenvalue weighted by Gasteiger charge is 2.12. The molecule has 6 aromatic carbocycles. The Morgan fingerprint density at radius 3 is 0.700 bits per heavy atom. The monoisotopic (exact) mass is 1210 g/mol. The Morgan fingerprint density at radius 2 is 0.444 bits per heavy atom. The third-order valence-corrected chi connectivity index (χ3v) is 17.2. The SMILES string of the molecule is CCCCCCCc1ccc(-c2ccc(-c3ccc(CCCCC)cc3F)cc2)cn1.CCCCCCc1ccc(-c2ccc(-c3ccc(CCCCC)cc3F)cc2)cn1.CCCCCc1ccc(-c2ccc(-c3ccc(CCCCC)nc3)cc2)c(F)c1.